The number of nitrogens with two attached hydrogens (primary N) is 1. The zero-order valence-electron chi connectivity index (χ0n) is 21.1. The molecule has 0 saturated heterocycles. The fourth-order valence-corrected chi connectivity index (χ4v) is 3.55. The Kier molecular flexibility index (Phi) is 11.4. The van der Waals surface area contributed by atoms with Crippen LogP contribution in [-0.4, -0.2) is 84.0 Å². The Hall–Kier alpha value is -4.27. The first-order chi connectivity index (χ1) is 18.0. The van der Waals surface area contributed by atoms with Gasteiger partial charge in [-0.3, -0.25) is 19.2 Å². The number of nitrogens with one attached hydrogen (secondary N) is 5. The van der Waals surface area contributed by atoms with E-state index in [1.54, 1.807) is 13.8 Å². The van der Waals surface area contributed by atoms with Crippen LogP contribution in [0.5, 0.6) is 0 Å². The van der Waals surface area contributed by atoms with Crippen LogP contribution in [0.15, 0.2) is 25.0 Å². The van der Waals surface area contributed by atoms with Crippen molar-refractivity contribution in [2.24, 2.45) is 11.7 Å². The second-order valence-corrected chi connectivity index (χ2v) is 8.93. The van der Waals surface area contributed by atoms with Gasteiger partial charge in [-0.1, -0.05) is 20.3 Å². The van der Waals surface area contributed by atoms with Gasteiger partial charge in [-0.2, -0.15) is 0 Å². The molecule has 2 heterocycles. The van der Waals surface area contributed by atoms with Crippen molar-refractivity contribution in [3.8, 4) is 0 Å². The summed E-state index contributed by atoms with van der Waals surface area (Å²) in [5.41, 5.74) is 6.80. The normalized spacial score (nSPS) is 14.9. The zero-order valence-corrected chi connectivity index (χ0v) is 21.1. The third-order valence-corrected chi connectivity index (χ3v) is 6.01. The highest BCUT2D eigenvalue weighted by Crippen LogP contribution is 2.10. The zero-order chi connectivity index (χ0) is 28.2. The number of amides is 3. The van der Waals surface area contributed by atoms with Crippen LogP contribution in [-0.2, 0) is 36.8 Å². The number of carbonyl (C=O) groups excluding carboxylic acids is 3. The minimum Gasteiger partial charge on any atom is -0.481 e. The van der Waals surface area contributed by atoms with Crippen LogP contribution in [0.2, 0.25) is 0 Å². The number of carbonyl (C=O) groups is 5. The standard InChI is InChI=1S/C23H34N8O7/c1-3-12(2)19(23(37)38)31-22(36)17(7-14-9-26-11-28-14)30-21(35)16(6-13-8-25-10-27-13)29-20(34)15(24)4-5-18(32)33/h8-12,15-17,19H,3-7,24H2,1-2H3,(H,25,27)(H,26,28)(H,29,34)(H,30,35)(H,31,36)(H,32,33)(H,37,38). The van der Waals surface area contributed by atoms with Crippen molar-refractivity contribution < 1.29 is 34.2 Å². The topological polar surface area (TPSA) is 245 Å². The highest BCUT2D eigenvalue weighted by molar-refractivity contribution is 5.94. The molecule has 0 bridgehead atoms. The maximum atomic E-state index is 13.3. The predicted molar refractivity (Wildman–Crippen MR) is 132 cm³/mol. The molecule has 5 atom stereocenters. The van der Waals surface area contributed by atoms with Gasteiger partial charge in [0.1, 0.15) is 18.1 Å². The average Bonchev–Trinajstić information content (AvgIpc) is 3.58. The quantitative estimate of drug-likeness (QED) is 0.126. The van der Waals surface area contributed by atoms with Crippen molar-refractivity contribution in [3.05, 3.63) is 36.4 Å². The smallest absolute Gasteiger partial charge is 0.326 e. The lowest BCUT2D eigenvalue weighted by molar-refractivity contribution is -0.144. The molecule has 0 aliphatic carbocycles. The fourth-order valence-electron chi connectivity index (χ4n) is 3.55. The molecule has 2 aromatic rings. The lowest BCUT2D eigenvalue weighted by Crippen LogP contribution is -2.58. The Morgan fingerprint density at radius 1 is 0.895 bits per heavy atom. The number of aromatic nitrogens is 4. The van der Waals surface area contributed by atoms with Gasteiger partial charge >= 0.3 is 11.9 Å². The molecule has 0 aromatic carbocycles. The molecule has 2 rings (SSSR count). The number of hydrogen-bond acceptors (Lipinski definition) is 8. The van der Waals surface area contributed by atoms with Crippen molar-refractivity contribution >= 4 is 29.7 Å². The number of nitrogens with zero attached hydrogens (tertiary/aromatic N) is 2. The van der Waals surface area contributed by atoms with Crippen LogP contribution in [0.1, 0.15) is 44.5 Å². The first-order valence-electron chi connectivity index (χ1n) is 12.1. The van der Waals surface area contributed by atoms with Gasteiger partial charge in [0.25, 0.3) is 0 Å². The molecule has 15 nitrogen and oxygen atoms in total. The number of aliphatic carboxylic acids is 2. The van der Waals surface area contributed by atoms with Crippen LogP contribution in [0.25, 0.3) is 0 Å². The van der Waals surface area contributed by atoms with E-state index in [1.807, 2.05) is 0 Å². The first-order valence-corrected chi connectivity index (χ1v) is 12.1. The van der Waals surface area contributed by atoms with Gasteiger partial charge in [-0.25, -0.2) is 14.8 Å². The van der Waals surface area contributed by atoms with Gasteiger partial charge in [0, 0.05) is 43.0 Å². The number of hydrogen-bond donors (Lipinski definition) is 8. The monoisotopic (exact) mass is 534 g/mol. The molecule has 208 valence electrons. The minimum absolute atomic E-state index is 0.0345. The largest absolute Gasteiger partial charge is 0.481 e. The highest BCUT2D eigenvalue weighted by atomic mass is 16.4. The van der Waals surface area contributed by atoms with E-state index in [2.05, 4.69) is 35.9 Å². The maximum absolute atomic E-state index is 13.3. The number of carboxylic acids is 2. The summed E-state index contributed by atoms with van der Waals surface area (Å²) in [6.07, 6.45) is 5.65. The molecule has 15 heteroatoms. The van der Waals surface area contributed by atoms with E-state index in [9.17, 15) is 29.1 Å². The van der Waals surface area contributed by atoms with E-state index < -0.39 is 53.8 Å². The molecule has 0 fully saturated rings. The third kappa shape index (κ3) is 9.31. The van der Waals surface area contributed by atoms with E-state index in [0.29, 0.717) is 17.8 Å². The number of carboxylic acid groups (broad SMARTS) is 2. The molecule has 5 unspecified atom stereocenters. The van der Waals surface area contributed by atoms with E-state index in [4.69, 9.17) is 10.8 Å². The Morgan fingerprint density at radius 3 is 1.82 bits per heavy atom. The minimum atomic E-state index is -1.21. The van der Waals surface area contributed by atoms with Crippen LogP contribution in [0.4, 0.5) is 0 Å². The van der Waals surface area contributed by atoms with Gasteiger partial charge in [-0.15, -0.1) is 0 Å². The molecule has 0 radical (unpaired) electrons. The van der Waals surface area contributed by atoms with Crippen LogP contribution < -0.4 is 21.7 Å². The number of rotatable bonds is 16. The number of imidazole rings is 2. The van der Waals surface area contributed by atoms with Crippen molar-refractivity contribution in [2.45, 2.75) is 70.1 Å². The van der Waals surface area contributed by atoms with Crippen LogP contribution in [0.3, 0.4) is 0 Å². The predicted octanol–water partition coefficient (Wildman–Crippen LogP) is -1.30. The van der Waals surface area contributed by atoms with Crippen molar-refractivity contribution in [2.75, 3.05) is 0 Å². The molecule has 0 aliphatic heterocycles. The molecule has 0 saturated carbocycles. The van der Waals surface area contributed by atoms with Crippen LogP contribution >= 0.6 is 0 Å². The third-order valence-electron chi connectivity index (χ3n) is 6.01. The Labute approximate surface area is 218 Å². The summed E-state index contributed by atoms with van der Waals surface area (Å²) < 4.78 is 0. The summed E-state index contributed by atoms with van der Waals surface area (Å²) in [6, 6.07) is -4.78. The highest BCUT2D eigenvalue weighted by Gasteiger charge is 2.32. The van der Waals surface area contributed by atoms with Gasteiger partial charge in [-0.05, 0) is 12.3 Å². The van der Waals surface area contributed by atoms with Crippen molar-refractivity contribution in [3.63, 3.8) is 0 Å². The van der Waals surface area contributed by atoms with E-state index in [0.717, 1.165) is 0 Å². The lowest BCUT2D eigenvalue weighted by Gasteiger charge is -2.26. The first kappa shape index (κ1) is 30.0. The Bertz CT molecular complexity index is 1070. The second kappa shape index (κ2) is 14.5. The second-order valence-electron chi connectivity index (χ2n) is 8.93. The van der Waals surface area contributed by atoms with E-state index in [-0.39, 0.29) is 31.6 Å². The average molecular weight is 535 g/mol. The van der Waals surface area contributed by atoms with Crippen molar-refractivity contribution in [1.29, 1.82) is 0 Å². The summed E-state index contributed by atoms with van der Waals surface area (Å²) in [6.45, 7) is 3.48. The maximum Gasteiger partial charge on any atom is 0.326 e. The summed E-state index contributed by atoms with van der Waals surface area (Å²) in [5, 5.41) is 26.0. The van der Waals surface area contributed by atoms with Crippen LogP contribution in [0, 0.1) is 5.92 Å². The summed E-state index contributed by atoms with van der Waals surface area (Å²) in [5.74, 6) is -4.93. The van der Waals surface area contributed by atoms with Gasteiger partial charge in [0.05, 0.1) is 18.7 Å². The summed E-state index contributed by atoms with van der Waals surface area (Å²) in [7, 11) is 0. The molecular weight excluding hydrogens is 500 g/mol. The Balaban J connectivity index is 2.23. The summed E-state index contributed by atoms with van der Waals surface area (Å²) >= 11 is 0. The molecular formula is C23H34N8O7. The number of H-pyrrole nitrogens is 2. The molecule has 3 amide bonds. The number of aromatic amines is 2. The van der Waals surface area contributed by atoms with E-state index >= 15 is 0 Å². The Morgan fingerprint density at radius 2 is 1.39 bits per heavy atom. The fraction of sp³-hybridized carbons (Fsp3) is 0.522. The van der Waals surface area contributed by atoms with E-state index in [1.165, 1.54) is 25.0 Å². The van der Waals surface area contributed by atoms with Gasteiger partial charge < -0.3 is 41.9 Å². The molecule has 9 N–H and O–H groups in total. The SMILES string of the molecule is CCC(C)C(NC(=O)C(Cc1cnc[nH]1)NC(=O)C(Cc1cnc[nH]1)NC(=O)C(N)CCC(=O)O)C(=O)O. The lowest BCUT2D eigenvalue weighted by atomic mass is 9.98. The molecule has 0 spiro atoms. The van der Waals surface area contributed by atoms with Crippen molar-refractivity contribution in [1.82, 2.24) is 35.9 Å². The molecule has 2 aromatic heterocycles. The molecule has 38 heavy (non-hydrogen) atoms. The molecule has 0 aliphatic rings. The van der Waals surface area contributed by atoms with Gasteiger partial charge in [0.15, 0.2) is 0 Å². The van der Waals surface area contributed by atoms with Gasteiger partial charge in [0.2, 0.25) is 17.7 Å². The summed E-state index contributed by atoms with van der Waals surface area (Å²) in [4.78, 5) is 75.1.